The molecule has 3 N–H and O–H groups in total. The number of hydrogen-bond donors (Lipinski definition) is 3. The number of fused-ring (bicyclic) bond motifs is 1. The molecule has 2 heterocycles. The zero-order valence-corrected chi connectivity index (χ0v) is 17.4. The Bertz CT molecular complexity index is 794. The molecule has 1 aromatic heterocycles. The lowest BCUT2D eigenvalue weighted by Crippen LogP contribution is -2.50. The lowest BCUT2D eigenvalue weighted by molar-refractivity contribution is 0.150. The van der Waals surface area contributed by atoms with Gasteiger partial charge in [0.15, 0.2) is 5.96 Å². The normalized spacial score (nSPS) is 20.1. The molecule has 5 nitrogen and oxygen atoms in total. The van der Waals surface area contributed by atoms with Gasteiger partial charge in [0.1, 0.15) is 0 Å². The van der Waals surface area contributed by atoms with Crippen molar-refractivity contribution in [1.82, 2.24) is 20.5 Å². The summed E-state index contributed by atoms with van der Waals surface area (Å²) in [6, 6.07) is 7.91. The number of piperidine rings is 1. The Balaban J connectivity index is 1.23. The van der Waals surface area contributed by atoms with Gasteiger partial charge in [-0.2, -0.15) is 0 Å². The SMILES string of the molecule is CN=C(NCCc1c[nH]c2c(C)cccc12)NC1CCN(C2CCCC2)CC1. The Morgan fingerprint density at radius 2 is 1.96 bits per heavy atom. The maximum Gasteiger partial charge on any atom is 0.191 e. The Morgan fingerprint density at radius 1 is 1.18 bits per heavy atom. The Labute approximate surface area is 169 Å². The van der Waals surface area contributed by atoms with E-state index in [-0.39, 0.29) is 0 Å². The number of rotatable bonds is 5. The minimum Gasteiger partial charge on any atom is -0.361 e. The highest BCUT2D eigenvalue weighted by molar-refractivity contribution is 5.86. The number of benzene rings is 1. The second kappa shape index (κ2) is 8.99. The number of aromatic amines is 1. The van der Waals surface area contributed by atoms with Crippen molar-refractivity contribution in [2.45, 2.75) is 64.0 Å². The molecule has 0 bridgehead atoms. The van der Waals surface area contributed by atoms with Crippen molar-refractivity contribution in [3.05, 3.63) is 35.5 Å². The van der Waals surface area contributed by atoms with Crippen molar-refractivity contribution in [2.75, 3.05) is 26.7 Å². The van der Waals surface area contributed by atoms with Crippen LogP contribution in [0.15, 0.2) is 29.4 Å². The number of guanidine groups is 1. The number of hydrogen-bond acceptors (Lipinski definition) is 2. The monoisotopic (exact) mass is 381 g/mol. The molecule has 0 amide bonds. The standard InChI is InChI=1S/C23H35N5/c1-17-6-5-9-21-18(16-26-22(17)21)10-13-25-23(24-2)27-19-11-14-28(15-12-19)20-7-3-4-8-20/h5-6,9,16,19-20,26H,3-4,7-8,10-15H2,1-2H3,(H2,24,25,27). The van der Waals surface area contributed by atoms with Crippen LogP contribution in [0.1, 0.15) is 49.7 Å². The van der Waals surface area contributed by atoms with Crippen molar-refractivity contribution in [1.29, 1.82) is 0 Å². The first-order valence-electron chi connectivity index (χ1n) is 11.0. The van der Waals surface area contributed by atoms with E-state index >= 15 is 0 Å². The second-order valence-corrected chi connectivity index (χ2v) is 8.45. The molecule has 1 saturated heterocycles. The third-order valence-corrected chi connectivity index (χ3v) is 6.63. The van der Waals surface area contributed by atoms with Crippen LogP contribution in [0.3, 0.4) is 0 Å². The molecular formula is C23H35N5. The number of likely N-dealkylation sites (tertiary alicyclic amines) is 1. The largest absolute Gasteiger partial charge is 0.361 e. The summed E-state index contributed by atoms with van der Waals surface area (Å²) in [5.41, 5.74) is 3.93. The number of aromatic nitrogens is 1. The van der Waals surface area contributed by atoms with Gasteiger partial charge in [0.2, 0.25) is 0 Å². The highest BCUT2D eigenvalue weighted by Gasteiger charge is 2.27. The second-order valence-electron chi connectivity index (χ2n) is 8.45. The average Bonchev–Trinajstić information content (AvgIpc) is 3.39. The van der Waals surface area contributed by atoms with Crippen molar-refractivity contribution in [3.63, 3.8) is 0 Å². The highest BCUT2D eigenvalue weighted by Crippen LogP contribution is 2.26. The summed E-state index contributed by atoms with van der Waals surface area (Å²) in [7, 11) is 1.87. The van der Waals surface area contributed by atoms with Gasteiger partial charge in [-0.05, 0) is 50.2 Å². The van der Waals surface area contributed by atoms with Crippen LogP contribution in [-0.2, 0) is 6.42 Å². The lowest BCUT2D eigenvalue weighted by Gasteiger charge is -2.36. The number of nitrogens with zero attached hydrogens (tertiary/aromatic N) is 2. The average molecular weight is 382 g/mol. The molecule has 4 rings (SSSR count). The minimum atomic E-state index is 0.541. The highest BCUT2D eigenvalue weighted by atomic mass is 15.2. The molecule has 0 radical (unpaired) electrons. The summed E-state index contributed by atoms with van der Waals surface area (Å²) < 4.78 is 0. The van der Waals surface area contributed by atoms with Crippen molar-refractivity contribution < 1.29 is 0 Å². The van der Waals surface area contributed by atoms with Crippen molar-refractivity contribution in [2.24, 2.45) is 4.99 Å². The molecule has 28 heavy (non-hydrogen) atoms. The first-order chi connectivity index (χ1) is 13.7. The molecule has 2 aliphatic rings. The zero-order chi connectivity index (χ0) is 19.3. The predicted octanol–water partition coefficient (Wildman–Crippen LogP) is 3.59. The van der Waals surface area contributed by atoms with E-state index < -0.39 is 0 Å². The predicted molar refractivity (Wildman–Crippen MR) is 118 cm³/mol. The molecule has 2 aromatic rings. The summed E-state index contributed by atoms with van der Waals surface area (Å²) in [4.78, 5) is 10.6. The third-order valence-electron chi connectivity index (χ3n) is 6.63. The van der Waals surface area contributed by atoms with Crippen molar-refractivity contribution in [3.8, 4) is 0 Å². The molecule has 0 atom stereocenters. The fourth-order valence-corrected chi connectivity index (χ4v) is 4.95. The summed E-state index contributed by atoms with van der Waals surface area (Å²) >= 11 is 0. The van der Waals surface area contributed by atoms with Crippen LogP contribution < -0.4 is 10.6 Å². The van der Waals surface area contributed by atoms with Gasteiger partial charge < -0.3 is 20.5 Å². The van der Waals surface area contributed by atoms with Gasteiger partial charge >= 0.3 is 0 Å². The van der Waals surface area contributed by atoms with Gasteiger partial charge in [-0.3, -0.25) is 4.99 Å². The molecule has 0 unspecified atom stereocenters. The number of aryl methyl sites for hydroxylation is 1. The van der Waals surface area contributed by atoms with E-state index in [4.69, 9.17) is 0 Å². The number of aliphatic imine (C=N–C) groups is 1. The Hall–Kier alpha value is -2.01. The Morgan fingerprint density at radius 3 is 2.71 bits per heavy atom. The third kappa shape index (κ3) is 4.35. The first kappa shape index (κ1) is 19.3. The molecule has 152 valence electrons. The van der Waals surface area contributed by atoms with Crippen LogP contribution in [0.5, 0.6) is 0 Å². The van der Waals surface area contributed by atoms with Gasteiger partial charge in [0, 0.05) is 55.9 Å². The van der Waals surface area contributed by atoms with E-state index in [1.165, 1.54) is 73.6 Å². The van der Waals surface area contributed by atoms with Crippen LogP contribution in [0.2, 0.25) is 0 Å². The smallest absolute Gasteiger partial charge is 0.191 e. The van der Waals surface area contributed by atoms with E-state index in [1.807, 2.05) is 7.05 Å². The molecule has 1 aromatic carbocycles. The molecule has 1 aliphatic heterocycles. The van der Waals surface area contributed by atoms with Gasteiger partial charge in [-0.25, -0.2) is 0 Å². The molecule has 1 aliphatic carbocycles. The molecule has 2 fully saturated rings. The summed E-state index contributed by atoms with van der Waals surface area (Å²) in [6.45, 7) is 5.51. The summed E-state index contributed by atoms with van der Waals surface area (Å²) in [5.74, 6) is 0.940. The van der Waals surface area contributed by atoms with E-state index in [1.54, 1.807) is 0 Å². The van der Waals surface area contributed by atoms with Crippen LogP contribution in [0.4, 0.5) is 0 Å². The molecule has 0 spiro atoms. The summed E-state index contributed by atoms with van der Waals surface area (Å²) in [6.07, 6.45) is 11.3. The fraction of sp³-hybridized carbons (Fsp3) is 0.609. The first-order valence-corrected chi connectivity index (χ1v) is 11.0. The van der Waals surface area contributed by atoms with Crippen LogP contribution in [0, 0.1) is 6.92 Å². The van der Waals surface area contributed by atoms with Gasteiger partial charge in [-0.1, -0.05) is 31.0 Å². The molecule has 1 saturated carbocycles. The van der Waals surface area contributed by atoms with Gasteiger partial charge in [0.25, 0.3) is 0 Å². The topological polar surface area (TPSA) is 55.5 Å². The number of para-hydroxylation sites is 1. The maximum atomic E-state index is 4.45. The van der Waals surface area contributed by atoms with E-state index in [9.17, 15) is 0 Å². The maximum absolute atomic E-state index is 4.45. The number of nitrogens with one attached hydrogen (secondary N) is 3. The minimum absolute atomic E-state index is 0.541. The van der Waals surface area contributed by atoms with Crippen molar-refractivity contribution >= 4 is 16.9 Å². The number of H-pyrrole nitrogens is 1. The molecule has 5 heteroatoms. The van der Waals surface area contributed by atoms with Crippen LogP contribution in [0.25, 0.3) is 10.9 Å². The van der Waals surface area contributed by atoms with E-state index in [2.05, 4.69) is 56.8 Å². The Kier molecular flexibility index (Phi) is 6.20. The lowest BCUT2D eigenvalue weighted by atomic mass is 10.0. The fourth-order valence-electron chi connectivity index (χ4n) is 4.95. The van der Waals surface area contributed by atoms with Gasteiger partial charge in [0.05, 0.1) is 0 Å². The summed E-state index contributed by atoms with van der Waals surface area (Å²) in [5, 5.41) is 8.50. The molecular weight excluding hydrogens is 346 g/mol. The van der Waals surface area contributed by atoms with E-state index in [0.29, 0.717) is 6.04 Å². The van der Waals surface area contributed by atoms with Crippen LogP contribution in [-0.4, -0.2) is 54.6 Å². The zero-order valence-electron chi connectivity index (χ0n) is 17.4. The quantitative estimate of drug-likeness (QED) is 0.548. The van der Waals surface area contributed by atoms with Gasteiger partial charge in [-0.15, -0.1) is 0 Å². The van der Waals surface area contributed by atoms with E-state index in [0.717, 1.165) is 25.0 Å². The van der Waals surface area contributed by atoms with Crippen LogP contribution >= 0.6 is 0 Å².